The summed E-state index contributed by atoms with van der Waals surface area (Å²) in [6, 6.07) is 129. The van der Waals surface area contributed by atoms with Gasteiger partial charge in [-0.3, -0.25) is 0 Å². The van der Waals surface area contributed by atoms with Crippen LogP contribution in [0.15, 0.2) is 371 Å². The van der Waals surface area contributed by atoms with Crippen LogP contribution in [0.5, 0.6) is 0 Å². The summed E-state index contributed by atoms with van der Waals surface area (Å²) in [4.78, 5) is 26.4. The number of rotatable bonds is 10. The Labute approximate surface area is 702 Å². The summed E-state index contributed by atoms with van der Waals surface area (Å²) in [6.45, 7) is 2.29. The Balaban J connectivity index is 0.000000149. The van der Waals surface area contributed by atoms with Crippen molar-refractivity contribution in [2.24, 2.45) is 0 Å². The van der Waals surface area contributed by atoms with Crippen molar-refractivity contribution in [3.05, 3.63) is 435 Å². The topological polar surface area (TPSA) is 77.3 Å². The Morgan fingerprint density at radius 3 is 0.946 bits per heavy atom. The molecule has 0 aliphatic carbocycles. The van der Waals surface area contributed by atoms with E-state index in [1.165, 1.54) is 101 Å². The van der Waals surface area contributed by atoms with Crippen LogP contribution in [0, 0.1) is 63.9 Å². The third kappa shape index (κ3) is 22.5. The van der Waals surface area contributed by atoms with E-state index in [9.17, 15) is 0 Å². The number of pyridine rings is 6. The van der Waals surface area contributed by atoms with Gasteiger partial charge in [-0.15, -0.1) is 215 Å². The molecule has 9 heteroatoms. The third-order valence-corrected chi connectivity index (χ3v) is 17.9. The first-order chi connectivity index (χ1) is 55.6. The summed E-state index contributed by atoms with van der Waals surface area (Å²) in [7, 11) is 0. The van der Waals surface area contributed by atoms with Crippen LogP contribution >= 0.6 is 0 Å². The zero-order valence-electron chi connectivity index (χ0n) is 67.1. The van der Waals surface area contributed by atoms with Crippen molar-refractivity contribution >= 4 is 32.3 Å². The summed E-state index contributed by atoms with van der Waals surface area (Å²) in [5.74, 6) is 0. The van der Waals surface area contributed by atoms with Crippen molar-refractivity contribution in [2.45, 2.75) is 40.9 Å². The maximum Gasteiger partial charge on any atom is 0.0280 e. The average Bonchev–Trinajstić information content (AvgIpc) is 0.810. The zero-order chi connectivity index (χ0) is 79.1. The van der Waals surface area contributed by atoms with E-state index in [1.807, 2.05) is 164 Å². The van der Waals surface area contributed by atoms with E-state index in [4.69, 9.17) is 8.22 Å². The number of hydrogen-bond acceptors (Lipinski definition) is 6. The largest absolute Gasteiger partial charge is 0.305 e. The van der Waals surface area contributed by atoms with Crippen LogP contribution in [-0.2, 0) is 66.7 Å². The normalized spacial score (nSPS) is 11.2. The third-order valence-electron chi connectivity index (χ3n) is 17.9. The molecule has 549 valence electrons. The fraction of sp³-hybridized carbons (Fsp3) is 0.0588. The zero-order valence-corrected chi connectivity index (χ0v) is 68.3. The van der Waals surface area contributed by atoms with E-state index in [0.29, 0.717) is 11.3 Å². The van der Waals surface area contributed by atoms with Crippen molar-refractivity contribution in [1.82, 2.24) is 29.9 Å². The van der Waals surface area contributed by atoms with Crippen molar-refractivity contribution in [2.75, 3.05) is 0 Å². The molecule has 0 fully saturated rings. The fourth-order valence-electron chi connectivity index (χ4n) is 12.2. The molecule has 0 N–H and O–H groups in total. The van der Waals surface area contributed by atoms with Gasteiger partial charge < -0.3 is 29.9 Å². The first kappa shape index (κ1) is 73.4. The molecule has 18 aromatic rings. The molecule has 0 spiro atoms. The Kier molecular flexibility index (Phi) is 27.6. The maximum atomic E-state index is 7.33. The number of fused-ring (bicyclic) bond motifs is 3. The molecular weight excluding hydrogens is 1890 g/mol. The molecule has 6 nitrogen and oxygen atoms in total. The smallest absolute Gasteiger partial charge is 0.0280 e. The van der Waals surface area contributed by atoms with Crippen LogP contribution in [0.25, 0.3) is 133 Å². The van der Waals surface area contributed by atoms with Gasteiger partial charge in [-0.2, -0.15) is 0 Å². The number of aryl methyl sites for hydroxylation is 5. The van der Waals surface area contributed by atoms with Crippen LogP contribution in [0.4, 0.5) is 0 Å². The number of nitrogens with zero attached hydrogens (tertiary/aromatic N) is 6. The molecule has 0 aliphatic rings. The molecule has 0 aliphatic heterocycles. The standard InChI is InChI=1S/C23H18N.2C22H16N.2C12H10N.C11H8N.3Ir/c1-2-17-15-23(19-9-4-3-5-10-19)24-16-22(17)21-13-12-18-8-6-7-11-20(18)14-21;2*1-16-13-22(18-8-3-2-4-9-18)23-15-21(16)20-12-11-17-7-5-6-10-19(17)14-20;1-10-7-8-13-12(9-10)11-5-3-2-4-6-11;1-10-7-8-12(13-9-10)11-5-3-2-4-6-11;1-2-6-10(7-3-1)11-8-4-5-9-12-11;;;/h3-9,11-16H,2H2,1H3;2*2-8,10-15H,1H3;2*2-5,7-9H,1H3;1-6,8-9H;;;/q6*-1;;;/i;;;2*1D3;;;;. The van der Waals surface area contributed by atoms with E-state index in [0.717, 1.165) is 68.3 Å². The van der Waals surface area contributed by atoms with Crippen LogP contribution in [0.2, 0.25) is 0 Å². The SMILES string of the molecule is CCc1cc(-c2[c-]cccc2)ncc1-c1ccc2ccccc2c1.Cc1cc(-c2[c-]cccc2)ncc1-c1ccc2ccccc2c1.Cc1cc(-c2[c-]cccc2)ncc1-c1ccc2ccccc2c1.[2H]C([2H])([2H])c1ccc(-c2[c-]cccc2)nc1.[2H]C([2H])([2H])c1ccnc(-c2[c-]cccc2)c1.[Ir].[Ir].[Ir].[c-]1ccccc1-c1ccccn1. The molecule has 111 heavy (non-hydrogen) atoms. The minimum atomic E-state index is -2.09. The molecule has 3 radical (unpaired) electrons. The van der Waals surface area contributed by atoms with E-state index in [2.05, 4.69) is 239 Å². The fourth-order valence-corrected chi connectivity index (χ4v) is 12.2. The molecule has 0 saturated carbocycles. The second-order valence-electron chi connectivity index (χ2n) is 25.3. The maximum absolute atomic E-state index is 7.33. The van der Waals surface area contributed by atoms with Crippen LogP contribution in [-0.4, -0.2) is 29.9 Å². The minimum Gasteiger partial charge on any atom is -0.305 e. The van der Waals surface area contributed by atoms with Crippen LogP contribution < -0.4 is 0 Å². The van der Waals surface area contributed by atoms with E-state index >= 15 is 0 Å². The Bertz CT molecular complexity index is 5940. The quantitative estimate of drug-likeness (QED) is 0.127. The van der Waals surface area contributed by atoms with Gasteiger partial charge in [0.05, 0.1) is 0 Å². The molecule has 0 bridgehead atoms. The van der Waals surface area contributed by atoms with E-state index in [1.54, 1.807) is 36.5 Å². The van der Waals surface area contributed by atoms with Crippen LogP contribution in [0.1, 0.15) is 43.0 Å². The second-order valence-corrected chi connectivity index (χ2v) is 25.3. The molecule has 12 aromatic carbocycles. The Morgan fingerprint density at radius 1 is 0.261 bits per heavy atom. The van der Waals surface area contributed by atoms with Gasteiger partial charge in [0.1, 0.15) is 0 Å². The van der Waals surface area contributed by atoms with Crippen molar-refractivity contribution in [3.8, 4) is 101 Å². The molecule has 0 saturated heterocycles. The molecular formula is C102H78Ir3N6-6. The van der Waals surface area contributed by atoms with Gasteiger partial charge in [0.15, 0.2) is 0 Å². The predicted octanol–water partition coefficient (Wildman–Crippen LogP) is 25.5. The van der Waals surface area contributed by atoms with E-state index in [-0.39, 0.29) is 65.9 Å². The van der Waals surface area contributed by atoms with Gasteiger partial charge in [0.25, 0.3) is 0 Å². The molecule has 0 atom stereocenters. The summed E-state index contributed by atoms with van der Waals surface area (Å²) in [5, 5.41) is 7.56. The van der Waals surface area contributed by atoms with Gasteiger partial charge in [0.2, 0.25) is 0 Å². The van der Waals surface area contributed by atoms with Gasteiger partial charge in [-0.05, 0) is 170 Å². The molecule has 0 unspecified atom stereocenters. The van der Waals surface area contributed by atoms with Crippen LogP contribution in [0.3, 0.4) is 0 Å². The Morgan fingerprint density at radius 2 is 0.595 bits per heavy atom. The van der Waals surface area contributed by atoms with Crippen molar-refractivity contribution < 1.29 is 68.5 Å². The average molecular weight is 1970 g/mol. The number of hydrogen-bond donors (Lipinski definition) is 0. The van der Waals surface area contributed by atoms with Crippen molar-refractivity contribution in [1.29, 1.82) is 0 Å². The van der Waals surface area contributed by atoms with Gasteiger partial charge in [0, 0.05) is 122 Å². The summed E-state index contributed by atoms with van der Waals surface area (Å²) >= 11 is 0. The Hall–Kier alpha value is -11.7. The van der Waals surface area contributed by atoms with Gasteiger partial charge >= 0.3 is 0 Å². The van der Waals surface area contributed by atoms with E-state index < -0.39 is 13.7 Å². The monoisotopic (exact) mass is 1970 g/mol. The summed E-state index contributed by atoms with van der Waals surface area (Å²) in [5.41, 5.74) is 22.6. The predicted molar refractivity (Wildman–Crippen MR) is 448 cm³/mol. The first-order valence-electron chi connectivity index (χ1n) is 38.6. The number of aromatic nitrogens is 6. The minimum absolute atomic E-state index is 0. The number of benzene rings is 12. The second kappa shape index (κ2) is 41.7. The summed E-state index contributed by atoms with van der Waals surface area (Å²) in [6.07, 6.45) is 11.6. The van der Waals surface area contributed by atoms with Gasteiger partial charge in [-0.1, -0.05) is 170 Å². The van der Waals surface area contributed by atoms with Gasteiger partial charge in [-0.25, -0.2) is 0 Å². The van der Waals surface area contributed by atoms with Crippen molar-refractivity contribution in [3.63, 3.8) is 0 Å². The first-order valence-corrected chi connectivity index (χ1v) is 35.6. The molecule has 6 heterocycles. The molecule has 18 rings (SSSR count). The molecule has 6 aromatic heterocycles. The summed E-state index contributed by atoms with van der Waals surface area (Å²) < 4.78 is 43.7. The molecule has 0 amide bonds.